The molecular formula is C46H75O10P. The zero-order valence-corrected chi connectivity index (χ0v) is 35.9. The molecule has 0 aliphatic heterocycles. The van der Waals surface area contributed by atoms with Gasteiger partial charge in [-0.25, -0.2) is 4.57 Å². The van der Waals surface area contributed by atoms with E-state index in [1.165, 1.54) is 44.9 Å². The molecule has 0 aliphatic rings. The minimum atomic E-state index is -4.65. The molecule has 57 heavy (non-hydrogen) atoms. The Morgan fingerprint density at radius 2 is 0.930 bits per heavy atom. The SMILES string of the molecule is CCCCC/C=C\C/C=C\C/C=C\C/C=C\C/C=C\CCC(=O)O[C@H](COC(=O)CCCC/C=C\C/C=C\C/C=C\CCCCC)COP(=O)(O)OC[C@@H](O)CO. The van der Waals surface area contributed by atoms with Crippen LogP contribution >= 0.6 is 7.82 Å². The first kappa shape index (κ1) is 53.9. The van der Waals surface area contributed by atoms with Gasteiger partial charge in [-0.1, -0.05) is 137 Å². The highest BCUT2D eigenvalue weighted by atomic mass is 31.2. The van der Waals surface area contributed by atoms with Crippen LogP contribution in [0.4, 0.5) is 0 Å². The van der Waals surface area contributed by atoms with Crippen molar-refractivity contribution < 1.29 is 47.8 Å². The second-order valence-corrected chi connectivity index (χ2v) is 15.1. The smallest absolute Gasteiger partial charge is 0.462 e. The summed E-state index contributed by atoms with van der Waals surface area (Å²) in [6, 6.07) is 0. The fourth-order valence-electron chi connectivity index (χ4n) is 4.92. The number of aliphatic hydroxyl groups is 2. The molecule has 324 valence electrons. The number of unbranched alkanes of at least 4 members (excludes halogenated alkanes) is 8. The van der Waals surface area contributed by atoms with Crippen molar-refractivity contribution in [2.24, 2.45) is 0 Å². The third kappa shape index (κ3) is 40.9. The lowest BCUT2D eigenvalue weighted by Crippen LogP contribution is -2.29. The zero-order valence-electron chi connectivity index (χ0n) is 35.0. The van der Waals surface area contributed by atoms with Crippen LogP contribution in [-0.2, 0) is 32.7 Å². The number of rotatable bonds is 38. The number of ether oxygens (including phenoxy) is 2. The monoisotopic (exact) mass is 819 g/mol. The molecule has 0 aliphatic carbocycles. The van der Waals surface area contributed by atoms with Crippen LogP contribution in [0.3, 0.4) is 0 Å². The Morgan fingerprint density at radius 3 is 1.37 bits per heavy atom. The van der Waals surface area contributed by atoms with Gasteiger partial charge < -0.3 is 24.6 Å². The second kappa shape index (κ2) is 41.1. The minimum absolute atomic E-state index is 0.0467. The molecule has 3 N–H and O–H groups in total. The standard InChI is InChI=1S/C46H75O10P/c1-3-5-7-9-11-13-15-17-19-20-21-22-24-26-28-30-32-34-36-38-46(50)56-44(42-55-57(51,52)54-40-43(48)39-47)41-53-45(49)37-35-33-31-29-27-25-23-18-16-14-12-10-8-6-4-2/h11-14,17-19,21-23,26-29,32,34,43-44,47-48H,3-10,15-16,20,24-25,30-31,33,35-42H2,1-2H3,(H,51,52)/b13-11-,14-12-,19-17-,22-21-,23-18-,28-26-,29-27-,34-32-/t43-,44+/m0/s1. The summed E-state index contributed by atoms with van der Waals surface area (Å²) in [5.41, 5.74) is 0. The molecule has 0 aromatic rings. The molecule has 0 spiro atoms. The molecule has 0 heterocycles. The summed E-state index contributed by atoms with van der Waals surface area (Å²) in [5.74, 6) is -1.08. The van der Waals surface area contributed by atoms with Gasteiger partial charge in [-0.15, -0.1) is 0 Å². The highest BCUT2D eigenvalue weighted by Crippen LogP contribution is 2.43. The molecule has 10 nitrogen and oxygen atoms in total. The lowest BCUT2D eigenvalue weighted by molar-refractivity contribution is -0.161. The first-order valence-corrected chi connectivity index (χ1v) is 22.7. The summed E-state index contributed by atoms with van der Waals surface area (Å²) in [6.45, 7) is 2.16. The van der Waals surface area contributed by atoms with E-state index in [2.05, 4.69) is 103 Å². The Bertz CT molecular complexity index is 1260. The van der Waals surface area contributed by atoms with Crippen molar-refractivity contribution in [3.8, 4) is 0 Å². The Balaban J connectivity index is 4.53. The number of phosphoric ester groups is 1. The van der Waals surface area contributed by atoms with E-state index < -0.39 is 51.8 Å². The molecule has 11 heteroatoms. The maximum Gasteiger partial charge on any atom is 0.472 e. The van der Waals surface area contributed by atoms with E-state index in [4.69, 9.17) is 19.1 Å². The Morgan fingerprint density at radius 1 is 0.526 bits per heavy atom. The molecule has 0 amide bonds. The van der Waals surface area contributed by atoms with Crippen molar-refractivity contribution in [2.45, 2.75) is 154 Å². The number of carbonyl (C=O) groups excluding carboxylic acids is 2. The lowest BCUT2D eigenvalue weighted by Gasteiger charge is -2.20. The van der Waals surface area contributed by atoms with Gasteiger partial charge in [0, 0.05) is 12.8 Å². The van der Waals surface area contributed by atoms with Gasteiger partial charge in [-0.05, 0) is 89.9 Å². The number of allylic oxidation sites excluding steroid dienone is 16. The zero-order chi connectivity index (χ0) is 41.9. The van der Waals surface area contributed by atoms with Crippen molar-refractivity contribution in [1.29, 1.82) is 0 Å². The van der Waals surface area contributed by atoms with E-state index in [9.17, 15) is 24.2 Å². The molecular weight excluding hydrogens is 743 g/mol. The number of hydrogen-bond donors (Lipinski definition) is 3. The van der Waals surface area contributed by atoms with E-state index in [0.717, 1.165) is 57.8 Å². The van der Waals surface area contributed by atoms with Crippen LogP contribution in [0.15, 0.2) is 97.2 Å². The van der Waals surface area contributed by atoms with E-state index >= 15 is 0 Å². The van der Waals surface area contributed by atoms with Gasteiger partial charge in [0.1, 0.15) is 12.7 Å². The fraction of sp³-hybridized carbons (Fsp3) is 0.609. The largest absolute Gasteiger partial charge is 0.472 e. The summed E-state index contributed by atoms with van der Waals surface area (Å²) in [5, 5.41) is 18.3. The van der Waals surface area contributed by atoms with Gasteiger partial charge in [0.15, 0.2) is 6.10 Å². The van der Waals surface area contributed by atoms with Crippen molar-refractivity contribution >= 4 is 19.8 Å². The molecule has 0 aromatic carbocycles. The van der Waals surface area contributed by atoms with Crippen molar-refractivity contribution in [3.05, 3.63) is 97.2 Å². The summed E-state index contributed by atoms with van der Waals surface area (Å²) >= 11 is 0. The molecule has 0 aromatic heterocycles. The average molecular weight is 819 g/mol. The summed E-state index contributed by atoms with van der Waals surface area (Å²) in [4.78, 5) is 34.9. The molecule has 0 saturated carbocycles. The van der Waals surface area contributed by atoms with Gasteiger partial charge in [0.25, 0.3) is 0 Å². The first-order valence-electron chi connectivity index (χ1n) is 21.2. The number of phosphoric acid groups is 1. The maximum atomic E-state index is 12.6. The molecule has 0 radical (unpaired) electrons. The van der Waals surface area contributed by atoms with Gasteiger partial charge in [0.05, 0.1) is 19.8 Å². The predicted octanol–water partition coefficient (Wildman–Crippen LogP) is 11.2. The maximum absolute atomic E-state index is 12.6. The van der Waals surface area contributed by atoms with E-state index in [1.54, 1.807) is 0 Å². The lowest BCUT2D eigenvalue weighted by atomic mass is 10.1. The van der Waals surface area contributed by atoms with E-state index in [0.29, 0.717) is 12.8 Å². The number of esters is 2. The molecule has 0 fully saturated rings. The number of carbonyl (C=O) groups is 2. The van der Waals surface area contributed by atoms with Crippen molar-refractivity contribution in [3.63, 3.8) is 0 Å². The van der Waals surface area contributed by atoms with Gasteiger partial charge in [-0.2, -0.15) is 0 Å². The molecule has 1 unspecified atom stereocenters. The molecule has 0 saturated heterocycles. The normalized spacial score (nSPS) is 14.8. The fourth-order valence-corrected chi connectivity index (χ4v) is 5.71. The summed E-state index contributed by atoms with van der Waals surface area (Å²) in [6.07, 6.45) is 49.6. The van der Waals surface area contributed by atoms with E-state index in [1.807, 2.05) is 12.2 Å². The molecule has 0 rings (SSSR count). The minimum Gasteiger partial charge on any atom is -0.462 e. The van der Waals surface area contributed by atoms with Crippen LogP contribution < -0.4 is 0 Å². The predicted molar refractivity (Wildman–Crippen MR) is 232 cm³/mol. The van der Waals surface area contributed by atoms with E-state index in [-0.39, 0.29) is 19.4 Å². The Kier molecular flexibility index (Phi) is 38.8. The van der Waals surface area contributed by atoms with Crippen molar-refractivity contribution in [1.82, 2.24) is 0 Å². The van der Waals surface area contributed by atoms with Crippen LogP contribution in [0.1, 0.15) is 142 Å². The van der Waals surface area contributed by atoms with Crippen LogP contribution in [0, 0.1) is 0 Å². The summed E-state index contributed by atoms with van der Waals surface area (Å²) in [7, 11) is -4.65. The first-order chi connectivity index (χ1) is 27.7. The molecule has 0 bridgehead atoms. The number of hydrogen-bond acceptors (Lipinski definition) is 9. The highest BCUT2D eigenvalue weighted by molar-refractivity contribution is 7.47. The summed E-state index contributed by atoms with van der Waals surface area (Å²) < 4.78 is 32.5. The van der Waals surface area contributed by atoms with Crippen LogP contribution in [-0.4, -0.2) is 65.7 Å². The Hall–Kier alpha value is -3.11. The number of aliphatic hydroxyl groups excluding tert-OH is 2. The van der Waals surface area contributed by atoms with Crippen LogP contribution in [0.5, 0.6) is 0 Å². The average Bonchev–Trinajstić information content (AvgIpc) is 3.20. The second-order valence-electron chi connectivity index (χ2n) is 13.7. The topological polar surface area (TPSA) is 149 Å². The van der Waals surface area contributed by atoms with Gasteiger partial charge in [0.2, 0.25) is 0 Å². The van der Waals surface area contributed by atoms with Gasteiger partial charge >= 0.3 is 19.8 Å². The molecule has 3 atom stereocenters. The van der Waals surface area contributed by atoms with Crippen LogP contribution in [0.25, 0.3) is 0 Å². The third-order valence-electron chi connectivity index (χ3n) is 8.22. The third-order valence-corrected chi connectivity index (χ3v) is 9.18. The van der Waals surface area contributed by atoms with Crippen LogP contribution in [0.2, 0.25) is 0 Å². The highest BCUT2D eigenvalue weighted by Gasteiger charge is 2.27. The quantitative estimate of drug-likeness (QED) is 0.0238. The Labute approximate surface area is 344 Å². The van der Waals surface area contributed by atoms with Crippen molar-refractivity contribution in [2.75, 3.05) is 26.4 Å². The van der Waals surface area contributed by atoms with Gasteiger partial charge in [-0.3, -0.25) is 18.6 Å².